The molecule has 0 aliphatic rings. The number of alkyl halides is 3. The first-order chi connectivity index (χ1) is 18.6. The Morgan fingerprint density at radius 2 is 1.72 bits per heavy atom. The minimum atomic E-state index is -4.43. The van der Waals surface area contributed by atoms with Crippen LogP contribution in [0.15, 0.2) is 73.1 Å². The van der Waals surface area contributed by atoms with E-state index in [9.17, 15) is 18.0 Å². The van der Waals surface area contributed by atoms with Crippen molar-refractivity contribution in [3.63, 3.8) is 0 Å². The molecule has 2 aromatic heterocycles. The van der Waals surface area contributed by atoms with Gasteiger partial charge in [0, 0.05) is 32.5 Å². The standard InChI is InChI=1S/C29H31F3N4O3/c1-28(19-21-7-5-4-6-8-21,27(37)35(2)15-16-39-18-17-38-3)25-13-14-33-26-24(20-34-36(25)26)22-9-11-23(12-10-22)29(30,31)32/h4-14,20H,15-19H2,1-3H3/t28-/m1/s1. The molecule has 10 heteroatoms. The molecule has 1 atom stereocenters. The topological polar surface area (TPSA) is 69.0 Å². The Balaban J connectivity index is 1.71. The van der Waals surface area contributed by atoms with Crippen molar-refractivity contribution in [3.05, 3.63) is 89.9 Å². The first-order valence-electron chi connectivity index (χ1n) is 12.5. The van der Waals surface area contributed by atoms with Gasteiger partial charge < -0.3 is 14.4 Å². The summed E-state index contributed by atoms with van der Waals surface area (Å²) in [5.41, 5.74) is 1.39. The van der Waals surface area contributed by atoms with E-state index < -0.39 is 17.2 Å². The van der Waals surface area contributed by atoms with Gasteiger partial charge in [0.05, 0.1) is 42.7 Å². The highest BCUT2D eigenvalue weighted by Crippen LogP contribution is 2.34. The number of carbonyl (C=O) groups is 1. The summed E-state index contributed by atoms with van der Waals surface area (Å²) in [5, 5.41) is 4.53. The maximum Gasteiger partial charge on any atom is 0.416 e. The Kier molecular flexibility index (Phi) is 8.66. The molecule has 4 aromatic rings. The zero-order valence-electron chi connectivity index (χ0n) is 22.1. The highest BCUT2D eigenvalue weighted by atomic mass is 19.4. The number of methoxy groups -OCH3 is 1. The molecule has 2 aromatic carbocycles. The highest BCUT2D eigenvalue weighted by molar-refractivity contribution is 5.88. The Labute approximate surface area is 225 Å². The van der Waals surface area contributed by atoms with Gasteiger partial charge in [0.1, 0.15) is 0 Å². The predicted molar refractivity (Wildman–Crippen MR) is 141 cm³/mol. The number of amides is 1. The van der Waals surface area contributed by atoms with E-state index in [4.69, 9.17) is 9.47 Å². The minimum absolute atomic E-state index is 0.124. The van der Waals surface area contributed by atoms with Gasteiger partial charge in [-0.1, -0.05) is 42.5 Å². The van der Waals surface area contributed by atoms with E-state index in [1.807, 2.05) is 37.3 Å². The molecule has 0 spiro atoms. The summed E-state index contributed by atoms with van der Waals surface area (Å²) in [5.74, 6) is -0.124. The van der Waals surface area contributed by atoms with Gasteiger partial charge >= 0.3 is 6.18 Å². The fourth-order valence-electron chi connectivity index (χ4n) is 4.60. The van der Waals surface area contributed by atoms with E-state index in [-0.39, 0.29) is 5.91 Å². The van der Waals surface area contributed by atoms with E-state index >= 15 is 0 Å². The Morgan fingerprint density at radius 3 is 2.38 bits per heavy atom. The average Bonchev–Trinajstić information content (AvgIpc) is 3.37. The Bertz CT molecular complexity index is 1390. The molecule has 0 N–H and O–H groups in total. The molecule has 0 bridgehead atoms. The quantitative estimate of drug-likeness (QED) is 0.250. The minimum Gasteiger partial charge on any atom is -0.382 e. The first-order valence-corrected chi connectivity index (χ1v) is 12.5. The molecular formula is C29H31F3N4O3. The van der Waals surface area contributed by atoms with Gasteiger partial charge in [0.25, 0.3) is 0 Å². The third-order valence-corrected chi connectivity index (χ3v) is 6.71. The molecule has 206 valence electrons. The average molecular weight is 541 g/mol. The summed E-state index contributed by atoms with van der Waals surface area (Å²) >= 11 is 0. The van der Waals surface area contributed by atoms with Crippen LogP contribution in [-0.2, 0) is 32.3 Å². The van der Waals surface area contributed by atoms with Crippen molar-refractivity contribution in [1.29, 1.82) is 0 Å². The van der Waals surface area contributed by atoms with Crippen LogP contribution >= 0.6 is 0 Å². The summed E-state index contributed by atoms with van der Waals surface area (Å²) in [4.78, 5) is 20.1. The van der Waals surface area contributed by atoms with Crippen molar-refractivity contribution >= 4 is 11.6 Å². The number of fused-ring (bicyclic) bond motifs is 1. The molecular weight excluding hydrogens is 509 g/mol. The van der Waals surface area contributed by atoms with Crippen molar-refractivity contribution in [2.45, 2.75) is 24.9 Å². The number of hydrogen-bond donors (Lipinski definition) is 0. The second-order valence-electron chi connectivity index (χ2n) is 9.53. The Hall–Kier alpha value is -3.76. The normalized spacial score (nSPS) is 13.4. The molecule has 39 heavy (non-hydrogen) atoms. The van der Waals surface area contributed by atoms with Crippen LogP contribution in [0, 0.1) is 0 Å². The smallest absolute Gasteiger partial charge is 0.382 e. The van der Waals surface area contributed by atoms with Crippen LogP contribution in [0.1, 0.15) is 23.7 Å². The number of carbonyl (C=O) groups excluding carboxylic acids is 1. The summed E-state index contributed by atoms with van der Waals surface area (Å²) in [6.45, 7) is 3.53. The third kappa shape index (κ3) is 6.29. The maximum atomic E-state index is 14.0. The number of benzene rings is 2. The van der Waals surface area contributed by atoms with Crippen LogP contribution in [0.3, 0.4) is 0 Å². The molecule has 1 amide bonds. The van der Waals surface area contributed by atoms with Gasteiger partial charge in [-0.2, -0.15) is 18.3 Å². The molecule has 0 saturated carbocycles. The van der Waals surface area contributed by atoms with Crippen LogP contribution in [0.5, 0.6) is 0 Å². The molecule has 0 saturated heterocycles. The molecule has 0 aliphatic carbocycles. The Morgan fingerprint density at radius 1 is 1.00 bits per heavy atom. The molecule has 4 rings (SSSR count). The zero-order chi connectivity index (χ0) is 28.0. The number of aromatic nitrogens is 3. The molecule has 2 heterocycles. The van der Waals surface area contributed by atoms with Gasteiger partial charge in [-0.3, -0.25) is 4.79 Å². The lowest BCUT2D eigenvalue weighted by Crippen LogP contribution is -2.47. The maximum absolute atomic E-state index is 14.0. The van der Waals surface area contributed by atoms with Crippen molar-refractivity contribution in [3.8, 4) is 11.1 Å². The van der Waals surface area contributed by atoms with Crippen molar-refractivity contribution in [2.24, 2.45) is 0 Å². The van der Waals surface area contributed by atoms with Gasteiger partial charge in [-0.25, -0.2) is 9.50 Å². The van der Waals surface area contributed by atoms with Crippen LogP contribution in [0.4, 0.5) is 13.2 Å². The second kappa shape index (κ2) is 12.0. The largest absolute Gasteiger partial charge is 0.416 e. The highest BCUT2D eigenvalue weighted by Gasteiger charge is 2.40. The van der Waals surface area contributed by atoms with Gasteiger partial charge in [-0.05, 0) is 42.7 Å². The third-order valence-electron chi connectivity index (χ3n) is 6.71. The van der Waals surface area contributed by atoms with Crippen molar-refractivity contribution in [2.75, 3.05) is 40.5 Å². The van der Waals surface area contributed by atoms with Gasteiger partial charge in [-0.15, -0.1) is 0 Å². The van der Waals surface area contributed by atoms with E-state index in [1.54, 1.807) is 42.0 Å². The zero-order valence-corrected chi connectivity index (χ0v) is 22.1. The fourth-order valence-corrected chi connectivity index (χ4v) is 4.60. The summed E-state index contributed by atoms with van der Waals surface area (Å²) in [6.07, 6.45) is -0.860. The molecule has 7 nitrogen and oxygen atoms in total. The van der Waals surface area contributed by atoms with Crippen LogP contribution in [0.25, 0.3) is 16.8 Å². The van der Waals surface area contributed by atoms with Crippen molar-refractivity contribution < 1.29 is 27.4 Å². The second-order valence-corrected chi connectivity index (χ2v) is 9.53. The molecule has 0 unspecified atom stereocenters. The SMILES string of the molecule is COCCOCCN(C)C(=O)[C@](C)(Cc1ccccc1)c1ccnc2c(-c3ccc(C(F)(F)F)cc3)cnn12. The van der Waals surface area contributed by atoms with E-state index in [1.165, 1.54) is 12.1 Å². The van der Waals surface area contributed by atoms with E-state index in [0.29, 0.717) is 55.3 Å². The molecule has 0 aliphatic heterocycles. The lowest BCUT2D eigenvalue weighted by molar-refractivity contribution is -0.138. The number of halogens is 3. The van der Waals surface area contributed by atoms with Crippen LogP contribution < -0.4 is 0 Å². The lowest BCUT2D eigenvalue weighted by atomic mass is 9.78. The van der Waals surface area contributed by atoms with Gasteiger partial charge in [0.2, 0.25) is 5.91 Å². The number of nitrogens with zero attached hydrogens (tertiary/aromatic N) is 4. The number of rotatable bonds is 11. The number of ether oxygens (including phenoxy) is 2. The summed E-state index contributed by atoms with van der Waals surface area (Å²) in [6, 6.07) is 16.3. The summed E-state index contributed by atoms with van der Waals surface area (Å²) in [7, 11) is 3.34. The number of hydrogen-bond acceptors (Lipinski definition) is 5. The van der Waals surface area contributed by atoms with E-state index in [2.05, 4.69) is 10.1 Å². The fraction of sp³-hybridized carbons (Fsp3) is 0.345. The van der Waals surface area contributed by atoms with Gasteiger partial charge in [0.15, 0.2) is 5.65 Å². The van der Waals surface area contributed by atoms with E-state index in [0.717, 1.165) is 17.7 Å². The van der Waals surface area contributed by atoms with Crippen LogP contribution in [-0.4, -0.2) is 65.9 Å². The number of likely N-dealkylation sites (N-methyl/N-ethyl adjacent to an activating group) is 1. The first kappa shape index (κ1) is 28.3. The van der Waals surface area contributed by atoms with Crippen molar-refractivity contribution in [1.82, 2.24) is 19.5 Å². The predicted octanol–water partition coefficient (Wildman–Crippen LogP) is 5.04. The molecule has 0 radical (unpaired) electrons. The monoisotopic (exact) mass is 540 g/mol. The molecule has 0 fully saturated rings. The lowest BCUT2D eigenvalue weighted by Gasteiger charge is -2.33. The summed E-state index contributed by atoms with van der Waals surface area (Å²) < 4.78 is 51.4. The van der Waals surface area contributed by atoms with Crippen LogP contribution in [0.2, 0.25) is 0 Å².